The van der Waals surface area contributed by atoms with Crippen molar-refractivity contribution in [3.8, 4) is 0 Å². The molecule has 1 saturated heterocycles. The van der Waals surface area contributed by atoms with Crippen molar-refractivity contribution in [2.24, 2.45) is 5.92 Å². The standard InChI is InChI=1S/C19H32N2O/c1-4-15(3)21-13-17(19(22)5-2)11-18(14-21)20-12-16-9-7-6-8-10-16/h6-10,15,17-20,22H,4-5,11-14H2,1-3H3. The molecule has 4 unspecified atom stereocenters. The van der Waals surface area contributed by atoms with Crippen LogP contribution in [0, 0.1) is 5.92 Å². The summed E-state index contributed by atoms with van der Waals surface area (Å²) >= 11 is 0. The number of rotatable bonds is 7. The van der Waals surface area contributed by atoms with Crippen LogP contribution >= 0.6 is 0 Å². The summed E-state index contributed by atoms with van der Waals surface area (Å²) in [5, 5.41) is 14.0. The third-order valence-corrected chi connectivity index (χ3v) is 5.13. The zero-order valence-electron chi connectivity index (χ0n) is 14.3. The van der Waals surface area contributed by atoms with Crippen LogP contribution in [0.25, 0.3) is 0 Å². The van der Waals surface area contributed by atoms with Crippen LogP contribution in [0.5, 0.6) is 0 Å². The van der Waals surface area contributed by atoms with Crippen LogP contribution in [0.4, 0.5) is 0 Å². The Kier molecular flexibility index (Phi) is 6.87. The molecule has 0 saturated carbocycles. The number of piperidine rings is 1. The summed E-state index contributed by atoms with van der Waals surface area (Å²) in [6, 6.07) is 11.6. The molecule has 0 radical (unpaired) electrons. The van der Waals surface area contributed by atoms with E-state index in [2.05, 4.69) is 61.3 Å². The lowest BCUT2D eigenvalue weighted by Gasteiger charge is -2.42. The third-order valence-electron chi connectivity index (χ3n) is 5.13. The zero-order chi connectivity index (χ0) is 15.9. The largest absolute Gasteiger partial charge is 0.393 e. The van der Waals surface area contributed by atoms with Gasteiger partial charge in [0, 0.05) is 31.7 Å². The zero-order valence-corrected chi connectivity index (χ0v) is 14.3. The Morgan fingerprint density at radius 1 is 1.18 bits per heavy atom. The normalized spacial score (nSPS) is 25.8. The van der Waals surface area contributed by atoms with Crippen LogP contribution < -0.4 is 5.32 Å². The summed E-state index contributed by atoms with van der Waals surface area (Å²) in [7, 11) is 0. The van der Waals surface area contributed by atoms with E-state index in [1.807, 2.05) is 0 Å². The lowest BCUT2D eigenvalue weighted by atomic mass is 9.87. The molecule has 2 N–H and O–H groups in total. The number of likely N-dealkylation sites (tertiary alicyclic amines) is 1. The Bertz CT molecular complexity index is 405. The summed E-state index contributed by atoms with van der Waals surface area (Å²) in [4.78, 5) is 2.55. The van der Waals surface area contributed by atoms with E-state index >= 15 is 0 Å². The maximum Gasteiger partial charge on any atom is 0.0578 e. The number of hydrogen-bond donors (Lipinski definition) is 2. The first-order chi connectivity index (χ1) is 10.6. The van der Waals surface area contributed by atoms with E-state index in [0.717, 1.165) is 32.5 Å². The average molecular weight is 304 g/mol. The van der Waals surface area contributed by atoms with E-state index in [1.54, 1.807) is 0 Å². The Morgan fingerprint density at radius 3 is 2.55 bits per heavy atom. The molecule has 0 spiro atoms. The highest BCUT2D eigenvalue weighted by molar-refractivity contribution is 5.14. The van der Waals surface area contributed by atoms with Gasteiger partial charge in [-0.1, -0.05) is 44.2 Å². The molecule has 1 aromatic rings. The van der Waals surface area contributed by atoms with Gasteiger partial charge in [-0.05, 0) is 37.7 Å². The van der Waals surface area contributed by atoms with E-state index in [9.17, 15) is 5.11 Å². The van der Waals surface area contributed by atoms with E-state index < -0.39 is 0 Å². The lowest BCUT2D eigenvalue weighted by molar-refractivity contribution is 0.0209. The van der Waals surface area contributed by atoms with Crippen molar-refractivity contribution in [3.05, 3.63) is 35.9 Å². The fourth-order valence-electron chi connectivity index (χ4n) is 3.41. The number of aliphatic hydroxyl groups excluding tert-OH is 1. The molecular weight excluding hydrogens is 272 g/mol. The molecule has 3 nitrogen and oxygen atoms in total. The van der Waals surface area contributed by atoms with Gasteiger partial charge < -0.3 is 10.4 Å². The number of aliphatic hydroxyl groups is 1. The second kappa shape index (κ2) is 8.66. The van der Waals surface area contributed by atoms with E-state index in [1.165, 1.54) is 12.0 Å². The second-order valence-corrected chi connectivity index (χ2v) is 6.75. The monoisotopic (exact) mass is 304 g/mol. The van der Waals surface area contributed by atoms with Crippen LogP contribution in [0.15, 0.2) is 30.3 Å². The van der Waals surface area contributed by atoms with E-state index in [4.69, 9.17) is 0 Å². The minimum absolute atomic E-state index is 0.173. The molecule has 0 aliphatic carbocycles. The molecule has 1 aliphatic heterocycles. The first kappa shape index (κ1) is 17.5. The molecule has 124 valence electrons. The van der Waals surface area contributed by atoms with Crippen molar-refractivity contribution < 1.29 is 5.11 Å². The Hall–Kier alpha value is -0.900. The van der Waals surface area contributed by atoms with Gasteiger partial charge in [-0.15, -0.1) is 0 Å². The van der Waals surface area contributed by atoms with Gasteiger partial charge in [0.1, 0.15) is 0 Å². The van der Waals surface area contributed by atoms with Crippen LogP contribution in [-0.2, 0) is 6.54 Å². The molecule has 1 heterocycles. The number of nitrogens with one attached hydrogen (secondary N) is 1. The summed E-state index contributed by atoms with van der Waals surface area (Å²) in [5.74, 6) is 0.390. The van der Waals surface area contributed by atoms with E-state index in [-0.39, 0.29) is 6.10 Å². The van der Waals surface area contributed by atoms with Crippen molar-refractivity contribution in [1.82, 2.24) is 10.2 Å². The highest BCUT2D eigenvalue weighted by atomic mass is 16.3. The Balaban J connectivity index is 1.96. The van der Waals surface area contributed by atoms with Crippen LogP contribution in [0.3, 0.4) is 0 Å². The third kappa shape index (κ3) is 4.80. The van der Waals surface area contributed by atoms with Crippen LogP contribution in [-0.4, -0.2) is 41.3 Å². The number of hydrogen-bond acceptors (Lipinski definition) is 3. The first-order valence-corrected chi connectivity index (χ1v) is 8.83. The average Bonchev–Trinajstić information content (AvgIpc) is 2.59. The molecule has 0 amide bonds. The fraction of sp³-hybridized carbons (Fsp3) is 0.684. The Morgan fingerprint density at radius 2 is 1.91 bits per heavy atom. The SMILES string of the molecule is CCC(O)C1CC(NCc2ccccc2)CN(C(C)CC)C1. The van der Waals surface area contributed by atoms with Gasteiger partial charge in [0.2, 0.25) is 0 Å². The molecule has 22 heavy (non-hydrogen) atoms. The highest BCUT2D eigenvalue weighted by Gasteiger charge is 2.32. The molecule has 1 fully saturated rings. The van der Waals surface area contributed by atoms with Gasteiger partial charge in [0.25, 0.3) is 0 Å². The predicted molar refractivity (Wildman–Crippen MR) is 92.8 cm³/mol. The summed E-state index contributed by atoms with van der Waals surface area (Å²) < 4.78 is 0. The van der Waals surface area contributed by atoms with E-state index in [0.29, 0.717) is 18.0 Å². The Labute approximate surface area is 135 Å². The van der Waals surface area contributed by atoms with Gasteiger partial charge in [0.15, 0.2) is 0 Å². The van der Waals surface area contributed by atoms with Gasteiger partial charge in [-0.2, -0.15) is 0 Å². The van der Waals surface area contributed by atoms with Crippen molar-refractivity contribution >= 4 is 0 Å². The van der Waals surface area contributed by atoms with Crippen LogP contribution in [0.2, 0.25) is 0 Å². The lowest BCUT2D eigenvalue weighted by Crippen LogP contribution is -2.53. The maximum absolute atomic E-state index is 10.3. The van der Waals surface area contributed by atoms with Crippen LogP contribution in [0.1, 0.15) is 45.6 Å². The van der Waals surface area contributed by atoms with Crippen molar-refractivity contribution in [1.29, 1.82) is 0 Å². The quantitative estimate of drug-likeness (QED) is 0.813. The maximum atomic E-state index is 10.3. The predicted octanol–water partition coefficient (Wildman–Crippen LogP) is 3.04. The summed E-state index contributed by atoms with van der Waals surface area (Å²) in [5.41, 5.74) is 1.33. The second-order valence-electron chi connectivity index (χ2n) is 6.75. The minimum atomic E-state index is -0.173. The molecule has 2 rings (SSSR count). The van der Waals surface area contributed by atoms with Gasteiger partial charge in [-0.3, -0.25) is 4.90 Å². The smallest absolute Gasteiger partial charge is 0.0578 e. The first-order valence-electron chi connectivity index (χ1n) is 8.83. The summed E-state index contributed by atoms with van der Waals surface area (Å²) in [6.07, 6.45) is 2.92. The highest BCUT2D eigenvalue weighted by Crippen LogP contribution is 2.24. The van der Waals surface area contributed by atoms with Crippen molar-refractivity contribution in [2.75, 3.05) is 13.1 Å². The summed E-state index contributed by atoms with van der Waals surface area (Å²) in [6.45, 7) is 9.67. The van der Waals surface area contributed by atoms with Crippen molar-refractivity contribution in [2.45, 2.75) is 64.8 Å². The fourth-order valence-corrected chi connectivity index (χ4v) is 3.41. The number of benzene rings is 1. The van der Waals surface area contributed by atoms with Gasteiger partial charge >= 0.3 is 0 Å². The van der Waals surface area contributed by atoms with Gasteiger partial charge in [0.05, 0.1) is 6.10 Å². The molecule has 3 heteroatoms. The molecule has 0 aromatic heterocycles. The molecule has 1 aromatic carbocycles. The minimum Gasteiger partial charge on any atom is -0.393 e. The van der Waals surface area contributed by atoms with Gasteiger partial charge in [-0.25, -0.2) is 0 Å². The topological polar surface area (TPSA) is 35.5 Å². The molecule has 4 atom stereocenters. The molecule has 0 bridgehead atoms. The van der Waals surface area contributed by atoms with Crippen molar-refractivity contribution in [3.63, 3.8) is 0 Å². The number of nitrogens with zero attached hydrogens (tertiary/aromatic N) is 1. The molecule has 1 aliphatic rings. The molecular formula is C19H32N2O.